The number of epoxide rings is 1. The highest BCUT2D eigenvalue weighted by Crippen LogP contribution is 2.32. The molecular formula is C8H6ClFO. The Bertz CT molecular complexity index is 283. The van der Waals surface area contributed by atoms with Crippen LogP contribution in [0.25, 0.3) is 0 Å². The first kappa shape index (κ1) is 7.07. The highest BCUT2D eigenvalue weighted by Gasteiger charge is 2.27. The molecule has 0 spiro atoms. The Balaban J connectivity index is 2.39. The second-order valence-corrected chi connectivity index (χ2v) is 2.92. The van der Waals surface area contributed by atoms with Gasteiger partial charge in [-0.3, -0.25) is 0 Å². The third kappa shape index (κ3) is 1.37. The molecule has 3 heteroatoms. The van der Waals surface area contributed by atoms with Crippen molar-refractivity contribution in [2.45, 2.75) is 6.10 Å². The topological polar surface area (TPSA) is 12.5 Å². The van der Waals surface area contributed by atoms with E-state index >= 15 is 0 Å². The van der Waals surface area contributed by atoms with Crippen molar-refractivity contribution in [3.8, 4) is 0 Å². The zero-order valence-corrected chi connectivity index (χ0v) is 6.44. The van der Waals surface area contributed by atoms with Crippen molar-refractivity contribution in [3.05, 3.63) is 34.6 Å². The van der Waals surface area contributed by atoms with Crippen LogP contribution in [0.2, 0.25) is 5.02 Å². The van der Waals surface area contributed by atoms with Crippen molar-refractivity contribution in [2.24, 2.45) is 0 Å². The van der Waals surface area contributed by atoms with Crippen LogP contribution in [-0.4, -0.2) is 6.61 Å². The van der Waals surface area contributed by atoms with Crippen molar-refractivity contribution >= 4 is 11.6 Å². The Labute approximate surface area is 68.7 Å². The van der Waals surface area contributed by atoms with E-state index in [1.807, 2.05) is 0 Å². The fraction of sp³-hybridized carbons (Fsp3) is 0.250. The molecule has 0 radical (unpaired) electrons. The lowest BCUT2D eigenvalue weighted by Crippen LogP contribution is -1.86. The molecule has 0 aliphatic carbocycles. The summed E-state index contributed by atoms with van der Waals surface area (Å²) < 4.78 is 17.9. The van der Waals surface area contributed by atoms with Gasteiger partial charge in [-0.1, -0.05) is 17.7 Å². The van der Waals surface area contributed by atoms with Gasteiger partial charge in [0, 0.05) is 10.6 Å². The van der Waals surface area contributed by atoms with Crippen LogP contribution >= 0.6 is 11.6 Å². The first-order chi connectivity index (χ1) is 5.27. The van der Waals surface area contributed by atoms with Crippen molar-refractivity contribution in [1.82, 2.24) is 0 Å². The van der Waals surface area contributed by atoms with Gasteiger partial charge in [0.25, 0.3) is 0 Å². The molecule has 1 atom stereocenters. The quantitative estimate of drug-likeness (QED) is 0.593. The van der Waals surface area contributed by atoms with Crippen molar-refractivity contribution in [2.75, 3.05) is 6.61 Å². The van der Waals surface area contributed by atoms with Gasteiger partial charge in [0.05, 0.1) is 6.61 Å². The Morgan fingerprint density at radius 2 is 2.27 bits per heavy atom. The number of halogens is 2. The first-order valence-corrected chi connectivity index (χ1v) is 3.72. The lowest BCUT2D eigenvalue weighted by Gasteiger charge is -1.97. The minimum Gasteiger partial charge on any atom is -0.368 e. The van der Waals surface area contributed by atoms with E-state index in [1.165, 1.54) is 6.07 Å². The number of ether oxygens (including phenoxy) is 1. The highest BCUT2D eigenvalue weighted by atomic mass is 35.5. The fourth-order valence-corrected chi connectivity index (χ4v) is 1.15. The predicted octanol–water partition coefficient (Wildman–Crippen LogP) is 2.55. The Morgan fingerprint density at radius 1 is 1.55 bits per heavy atom. The van der Waals surface area contributed by atoms with Gasteiger partial charge in [0.1, 0.15) is 11.9 Å². The van der Waals surface area contributed by atoms with Gasteiger partial charge in [-0.25, -0.2) is 4.39 Å². The normalized spacial score (nSPS) is 21.8. The summed E-state index contributed by atoms with van der Waals surface area (Å²) in [5.74, 6) is -0.278. The van der Waals surface area contributed by atoms with E-state index < -0.39 is 0 Å². The monoisotopic (exact) mass is 172 g/mol. The first-order valence-electron chi connectivity index (χ1n) is 3.34. The van der Waals surface area contributed by atoms with Gasteiger partial charge >= 0.3 is 0 Å². The van der Waals surface area contributed by atoms with Crippen molar-refractivity contribution < 1.29 is 9.13 Å². The maximum atomic E-state index is 13.0. The van der Waals surface area contributed by atoms with Crippen LogP contribution in [-0.2, 0) is 4.74 Å². The molecule has 1 aromatic carbocycles. The molecule has 2 rings (SSSR count). The summed E-state index contributed by atoms with van der Waals surface area (Å²) >= 11 is 5.56. The summed E-state index contributed by atoms with van der Waals surface area (Å²) in [4.78, 5) is 0. The summed E-state index contributed by atoms with van der Waals surface area (Å²) in [5, 5.41) is 0.423. The third-order valence-electron chi connectivity index (χ3n) is 1.64. The SMILES string of the molecule is Fc1cc(Cl)ccc1[C@H]1CO1. The van der Waals surface area contributed by atoms with Gasteiger partial charge in [-0.15, -0.1) is 0 Å². The molecule has 1 aliphatic heterocycles. The van der Waals surface area contributed by atoms with Gasteiger partial charge in [-0.2, -0.15) is 0 Å². The Kier molecular flexibility index (Phi) is 1.59. The molecule has 1 heterocycles. The molecule has 1 saturated heterocycles. The summed E-state index contributed by atoms with van der Waals surface area (Å²) in [6.45, 7) is 0.624. The molecule has 1 aromatic rings. The number of rotatable bonds is 1. The maximum absolute atomic E-state index is 13.0. The van der Waals surface area contributed by atoms with E-state index in [1.54, 1.807) is 12.1 Å². The number of hydrogen-bond donors (Lipinski definition) is 0. The van der Waals surface area contributed by atoms with Crippen LogP contribution in [0.3, 0.4) is 0 Å². The molecule has 0 unspecified atom stereocenters. The van der Waals surface area contributed by atoms with Crippen LogP contribution in [0, 0.1) is 5.82 Å². The van der Waals surface area contributed by atoms with Crippen molar-refractivity contribution in [1.29, 1.82) is 0 Å². The number of hydrogen-bond acceptors (Lipinski definition) is 1. The lowest BCUT2D eigenvalue weighted by molar-refractivity contribution is 0.408. The van der Waals surface area contributed by atoms with Gasteiger partial charge in [-0.05, 0) is 12.1 Å². The molecule has 0 N–H and O–H groups in total. The van der Waals surface area contributed by atoms with Crippen LogP contribution in [0.4, 0.5) is 4.39 Å². The molecule has 58 valence electrons. The minimum absolute atomic E-state index is 0.0349. The average molecular weight is 173 g/mol. The summed E-state index contributed by atoms with van der Waals surface area (Å²) in [5.41, 5.74) is 0.606. The van der Waals surface area contributed by atoms with Crippen LogP contribution in [0.15, 0.2) is 18.2 Å². The van der Waals surface area contributed by atoms with Crippen LogP contribution < -0.4 is 0 Å². The molecular weight excluding hydrogens is 167 g/mol. The van der Waals surface area contributed by atoms with Gasteiger partial charge in [0.15, 0.2) is 0 Å². The molecule has 0 amide bonds. The second kappa shape index (κ2) is 2.47. The molecule has 0 saturated carbocycles. The Morgan fingerprint density at radius 3 is 2.82 bits per heavy atom. The Hall–Kier alpha value is -0.600. The minimum atomic E-state index is -0.278. The number of benzene rings is 1. The summed E-state index contributed by atoms with van der Waals surface area (Å²) in [6.07, 6.45) is -0.0349. The molecule has 1 fully saturated rings. The van der Waals surface area contributed by atoms with Crippen LogP contribution in [0.1, 0.15) is 11.7 Å². The largest absolute Gasteiger partial charge is 0.368 e. The maximum Gasteiger partial charge on any atom is 0.130 e. The van der Waals surface area contributed by atoms with Gasteiger partial charge in [0.2, 0.25) is 0 Å². The zero-order chi connectivity index (χ0) is 7.84. The van der Waals surface area contributed by atoms with Crippen LogP contribution in [0.5, 0.6) is 0 Å². The van der Waals surface area contributed by atoms with Crippen molar-refractivity contribution in [3.63, 3.8) is 0 Å². The molecule has 0 bridgehead atoms. The van der Waals surface area contributed by atoms with E-state index in [0.29, 0.717) is 17.2 Å². The highest BCUT2D eigenvalue weighted by molar-refractivity contribution is 6.30. The van der Waals surface area contributed by atoms with E-state index in [4.69, 9.17) is 16.3 Å². The molecule has 1 aliphatic rings. The third-order valence-corrected chi connectivity index (χ3v) is 1.88. The molecule has 1 nitrogen and oxygen atoms in total. The standard InChI is InChI=1S/C8H6ClFO/c9-5-1-2-6(7(10)3-5)8-4-11-8/h1-3,8H,4H2/t8-/m1/s1. The fourth-order valence-electron chi connectivity index (χ4n) is 0.990. The predicted molar refractivity (Wildman–Crippen MR) is 40.1 cm³/mol. The summed E-state index contributed by atoms with van der Waals surface area (Å²) in [7, 11) is 0. The average Bonchev–Trinajstić information content (AvgIpc) is 2.70. The van der Waals surface area contributed by atoms with Gasteiger partial charge < -0.3 is 4.74 Å². The molecule has 0 aromatic heterocycles. The second-order valence-electron chi connectivity index (χ2n) is 2.49. The zero-order valence-electron chi connectivity index (χ0n) is 5.68. The van der Waals surface area contributed by atoms with E-state index in [0.717, 1.165) is 0 Å². The summed E-state index contributed by atoms with van der Waals surface area (Å²) in [6, 6.07) is 4.63. The molecule has 11 heavy (non-hydrogen) atoms. The smallest absolute Gasteiger partial charge is 0.130 e. The van der Waals surface area contributed by atoms with E-state index in [9.17, 15) is 4.39 Å². The van der Waals surface area contributed by atoms with E-state index in [-0.39, 0.29) is 11.9 Å². The van der Waals surface area contributed by atoms with E-state index in [2.05, 4.69) is 0 Å². The lowest BCUT2D eigenvalue weighted by atomic mass is 10.1.